The molecule has 0 aromatic carbocycles. The van der Waals surface area contributed by atoms with Crippen LogP contribution in [0.3, 0.4) is 0 Å². The van der Waals surface area contributed by atoms with E-state index in [9.17, 15) is 13.2 Å². The minimum atomic E-state index is -2.67. The molecule has 0 spiro atoms. The van der Waals surface area contributed by atoms with Crippen molar-refractivity contribution in [2.75, 3.05) is 0 Å². The third-order valence-electron chi connectivity index (χ3n) is 1.17. The summed E-state index contributed by atoms with van der Waals surface area (Å²) < 4.78 is 37.0. The average molecular weight is 169 g/mol. The molecule has 0 saturated heterocycles. The molecule has 0 radical (unpaired) electrons. The highest BCUT2D eigenvalue weighted by Gasteiger charge is 2.36. The summed E-state index contributed by atoms with van der Waals surface area (Å²) in [5.74, 6) is -2.76. The molecule has 0 N–H and O–H groups in total. The minimum absolute atomic E-state index is 0.326. The van der Waals surface area contributed by atoms with Crippen LogP contribution in [0.1, 0.15) is 6.42 Å². The smallest absolute Gasteiger partial charge is 0.218 e. The second-order valence-electron chi connectivity index (χ2n) is 1.97. The molecular weight excluding hydrogens is 165 g/mol. The lowest BCUT2D eigenvalue weighted by atomic mass is 10.1. The quantitative estimate of drug-likeness (QED) is 0.488. The van der Waals surface area contributed by atoms with E-state index in [-0.39, 0.29) is 6.42 Å². The van der Waals surface area contributed by atoms with E-state index in [1.165, 1.54) is 0 Å². The Hall–Kier alpha value is -0.440. The van der Waals surface area contributed by atoms with Gasteiger partial charge >= 0.3 is 0 Å². The molecule has 1 aliphatic carbocycles. The molecule has 0 nitrogen and oxygen atoms in total. The van der Waals surface area contributed by atoms with Gasteiger partial charge in [-0.2, -0.15) is 0 Å². The second-order valence-corrected chi connectivity index (χ2v) is 2.57. The molecule has 0 saturated carbocycles. The zero-order valence-corrected chi connectivity index (χ0v) is 5.63. The van der Waals surface area contributed by atoms with E-state index in [1.807, 2.05) is 0 Å². The molecule has 0 bridgehead atoms. The van der Waals surface area contributed by atoms with Crippen LogP contribution in [0.5, 0.6) is 0 Å². The van der Waals surface area contributed by atoms with Gasteiger partial charge in [-0.05, 0) is 6.08 Å². The lowest BCUT2D eigenvalue weighted by molar-refractivity contribution is 0.265. The van der Waals surface area contributed by atoms with Crippen molar-refractivity contribution in [3.8, 4) is 0 Å². The SMILES string of the molecule is FC1=C(F)C(F)(Cl)CC=C1. The lowest BCUT2D eigenvalue weighted by Crippen LogP contribution is -2.17. The van der Waals surface area contributed by atoms with Gasteiger partial charge < -0.3 is 0 Å². The summed E-state index contributed by atoms with van der Waals surface area (Å²) in [6, 6.07) is 0. The number of rotatable bonds is 0. The van der Waals surface area contributed by atoms with Crippen molar-refractivity contribution in [1.29, 1.82) is 0 Å². The normalized spacial score (nSPS) is 33.2. The summed E-state index contributed by atoms with van der Waals surface area (Å²) in [5, 5.41) is -2.67. The van der Waals surface area contributed by atoms with Crippen molar-refractivity contribution in [3.63, 3.8) is 0 Å². The van der Waals surface area contributed by atoms with Crippen LogP contribution >= 0.6 is 11.6 Å². The molecule has 4 heteroatoms. The van der Waals surface area contributed by atoms with Gasteiger partial charge in [-0.1, -0.05) is 17.7 Å². The van der Waals surface area contributed by atoms with Crippen molar-refractivity contribution in [2.45, 2.75) is 11.5 Å². The van der Waals surface area contributed by atoms with Gasteiger partial charge in [0, 0.05) is 6.42 Å². The van der Waals surface area contributed by atoms with Gasteiger partial charge in [-0.3, -0.25) is 0 Å². The molecule has 56 valence electrons. The minimum Gasteiger partial charge on any atom is -0.218 e. The maximum Gasteiger partial charge on any atom is 0.240 e. The summed E-state index contributed by atoms with van der Waals surface area (Å²) in [6.45, 7) is 0. The van der Waals surface area contributed by atoms with Crippen LogP contribution < -0.4 is 0 Å². The molecule has 0 aromatic heterocycles. The molecule has 0 aromatic rings. The highest BCUT2D eigenvalue weighted by molar-refractivity contribution is 6.24. The maximum atomic E-state index is 12.6. The van der Waals surface area contributed by atoms with Crippen LogP contribution in [-0.2, 0) is 0 Å². The zero-order valence-electron chi connectivity index (χ0n) is 4.87. The summed E-state index contributed by atoms with van der Waals surface area (Å²) in [5.41, 5.74) is 0. The molecule has 0 aliphatic heterocycles. The van der Waals surface area contributed by atoms with Crippen LogP contribution in [0, 0.1) is 0 Å². The fourth-order valence-corrected chi connectivity index (χ4v) is 0.827. The Bertz CT molecular complexity index is 205. The summed E-state index contributed by atoms with van der Waals surface area (Å²) in [7, 11) is 0. The Balaban J connectivity index is 2.99. The topological polar surface area (TPSA) is 0 Å². The molecule has 10 heavy (non-hydrogen) atoms. The first-order valence-corrected chi connectivity index (χ1v) is 3.02. The maximum absolute atomic E-state index is 12.6. The Morgan fingerprint density at radius 3 is 2.50 bits per heavy atom. The standard InChI is InChI=1S/C6H4ClF3/c7-6(10)3-1-2-4(8)5(6)9/h1-2H,3H2. The van der Waals surface area contributed by atoms with Crippen LogP contribution in [0.2, 0.25) is 0 Å². The first kappa shape index (κ1) is 7.66. The highest BCUT2D eigenvalue weighted by atomic mass is 35.5. The van der Waals surface area contributed by atoms with Crippen molar-refractivity contribution < 1.29 is 13.2 Å². The van der Waals surface area contributed by atoms with E-state index >= 15 is 0 Å². The number of hydrogen-bond acceptors (Lipinski definition) is 0. The zero-order chi connectivity index (χ0) is 7.78. The first-order valence-electron chi connectivity index (χ1n) is 2.64. The van der Waals surface area contributed by atoms with E-state index in [2.05, 4.69) is 0 Å². The fourth-order valence-electron chi connectivity index (χ4n) is 0.648. The predicted octanol–water partition coefficient (Wildman–Crippen LogP) is 3.00. The van der Waals surface area contributed by atoms with Crippen LogP contribution in [0.25, 0.3) is 0 Å². The molecule has 0 amide bonds. The Kier molecular flexibility index (Phi) is 1.77. The predicted molar refractivity (Wildman–Crippen MR) is 32.7 cm³/mol. The van der Waals surface area contributed by atoms with Crippen molar-refractivity contribution in [1.82, 2.24) is 0 Å². The highest BCUT2D eigenvalue weighted by Crippen LogP contribution is 2.37. The van der Waals surface area contributed by atoms with Crippen molar-refractivity contribution in [2.24, 2.45) is 0 Å². The lowest BCUT2D eigenvalue weighted by Gasteiger charge is -2.16. The molecule has 0 heterocycles. The average Bonchev–Trinajstić information content (AvgIpc) is 1.83. The third-order valence-corrected chi connectivity index (χ3v) is 1.49. The largest absolute Gasteiger partial charge is 0.240 e. The van der Waals surface area contributed by atoms with Gasteiger partial charge in [-0.15, -0.1) is 0 Å². The van der Waals surface area contributed by atoms with Crippen LogP contribution in [-0.4, -0.2) is 5.13 Å². The molecule has 1 rings (SSSR count). The van der Waals surface area contributed by atoms with E-state index in [4.69, 9.17) is 11.6 Å². The molecule has 1 aliphatic rings. The molecular formula is C6H4ClF3. The fraction of sp³-hybridized carbons (Fsp3) is 0.333. The van der Waals surface area contributed by atoms with Gasteiger partial charge in [0.1, 0.15) is 0 Å². The van der Waals surface area contributed by atoms with Crippen molar-refractivity contribution >= 4 is 11.6 Å². The van der Waals surface area contributed by atoms with E-state index in [0.29, 0.717) is 0 Å². The summed E-state index contributed by atoms with van der Waals surface area (Å²) in [4.78, 5) is 0. The second kappa shape index (κ2) is 2.31. The monoisotopic (exact) mass is 168 g/mol. The Morgan fingerprint density at radius 1 is 1.50 bits per heavy atom. The van der Waals surface area contributed by atoms with Gasteiger partial charge in [-0.25, -0.2) is 13.2 Å². The van der Waals surface area contributed by atoms with Gasteiger partial charge in [0.05, 0.1) is 0 Å². The molecule has 0 fully saturated rings. The van der Waals surface area contributed by atoms with E-state index in [0.717, 1.165) is 12.2 Å². The van der Waals surface area contributed by atoms with Gasteiger partial charge in [0.25, 0.3) is 0 Å². The van der Waals surface area contributed by atoms with Gasteiger partial charge in [0.2, 0.25) is 5.13 Å². The summed E-state index contributed by atoms with van der Waals surface area (Å²) >= 11 is 4.93. The van der Waals surface area contributed by atoms with E-state index in [1.54, 1.807) is 0 Å². The van der Waals surface area contributed by atoms with Gasteiger partial charge in [0.15, 0.2) is 11.7 Å². The Morgan fingerprint density at radius 2 is 2.10 bits per heavy atom. The van der Waals surface area contributed by atoms with Crippen LogP contribution in [0.15, 0.2) is 23.8 Å². The number of allylic oxidation sites excluding steroid dienone is 4. The first-order chi connectivity index (χ1) is 4.54. The third kappa shape index (κ3) is 1.19. The van der Waals surface area contributed by atoms with Crippen molar-refractivity contribution in [3.05, 3.63) is 23.8 Å². The number of hydrogen-bond donors (Lipinski definition) is 0. The molecule has 1 unspecified atom stereocenters. The summed E-state index contributed by atoms with van der Waals surface area (Å²) in [6.07, 6.45) is 1.68. The van der Waals surface area contributed by atoms with Crippen LogP contribution in [0.4, 0.5) is 13.2 Å². The van der Waals surface area contributed by atoms with E-state index < -0.39 is 16.8 Å². The molecule has 1 atom stereocenters. The Labute approximate surface area is 61.0 Å². The number of halogens is 4. The number of alkyl halides is 2.